The molecule has 0 saturated carbocycles. The monoisotopic (exact) mass is 520 g/mol. The Morgan fingerprint density at radius 3 is 2.22 bits per heavy atom. The number of methoxy groups -OCH3 is 1. The van der Waals surface area contributed by atoms with Crippen LogP contribution in [0, 0.1) is 0 Å². The lowest BCUT2D eigenvalue weighted by molar-refractivity contribution is -0.420. The normalized spacial score (nSPS) is 12.5. The molecule has 0 aliphatic carbocycles. The van der Waals surface area contributed by atoms with Crippen LogP contribution in [0.15, 0.2) is 79.0 Å². The van der Waals surface area contributed by atoms with Crippen LogP contribution in [0.3, 0.4) is 0 Å². The molecule has 3 aromatic rings. The Morgan fingerprint density at radius 2 is 1.65 bits per heavy atom. The van der Waals surface area contributed by atoms with Gasteiger partial charge in [0.25, 0.3) is 5.84 Å². The molecule has 0 unspecified atom stereocenters. The van der Waals surface area contributed by atoms with Crippen LogP contribution in [0.4, 0.5) is 4.79 Å². The van der Waals surface area contributed by atoms with Crippen LogP contribution in [-0.4, -0.2) is 32.1 Å². The van der Waals surface area contributed by atoms with Gasteiger partial charge in [-0.3, -0.25) is 9.79 Å². The van der Waals surface area contributed by atoms with Crippen molar-refractivity contribution in [2.45, 2.75) is 25.9 Å². The number of amides is 1. The van der Waals surface area contributed by atoms with E-state index in [4.69, 9.17) is 26.8 Å². The van der Waals surface area contributed by atoms with Crippen LogP contribution in [0.25, 0.3) is 16.7 Å². The number of alkyl carbamates (subject to hydrolysis) is 1. The molecule has 0 saturated heterocycles. The Labute approximate surface area is 222 Å². The highest BCUT2D eigenvalue weighted by Crippen LogP contribution is 2.26. The summed E-state index contributed by atoms with van der Waals surface area (Å²) in [5, 5.41) is 3.26. The van der Waals surface area contributed by atoms with Gasteiger partial charge < -0.3 is 15.2 Å². The zero-order valence-corrected chi connectivity index (χ0v) is 21.8. The molecule has 1 atom stereocenters. The lowest BCUT2D eigenvalue weighted by atomic mass is 9.98. The predicted octanol–water partition coefficient (Wildman–Crippen LogP) is 4.01. The summed E-state index contributed by atoms with van der Waals surface area (Å²) in [6.07, 6.45) is 1.23. The van der Waals surface area contributed by atoms with Gasteiger partial charge in [0.2, 0.25) is 0 Å². The van der Waals surface area contributed by atoms with E-state index in [1.807, 2.05) is 66.7 Å². The maximum Gasteiger partial charge on any atom is 0.505 e. The van der Waals surface area contributed by atoms with Crippen LogP contribution in [0.2, 0.25) is 5.02 Å². The number of hydrogen-bond acceptors (Lipinski definition) is 5. The molecule has 3 rings (SSSR count). The molecule has 3 aromatic carbocycles. The molecule has 7 nitrogen and oxygen atoms in total. The maximum absolute atomic E-state index is 12.6. The average molecular weight is 521 g/mol. The number of ether oxygens (including phenoxy) is 2. The van der Waals surface area contributed by atoms with Crippen molar-refractivity contribution in [3.05, 3.63) is 101 Å². The van der Waals surface area contributed by atoms with Crippen molar-refractivity contribution in [3.8, 4) is 11.1 Å². The van der Waals surface area contributed by atoms with E-state index in [0.29, 0.717) is 34.8 Å². The van der Waals surface area contributed by atoms with Gasteiger partial charge in [-0.15, -0.1) is 0 Å². The minimum absolute atomic E-state index is 0.223. The Morgan fingerprint density at radius 1 is 1.03 bits per heavy atom. The van der Waals surface area contributed by atoms with Crippen molar-refractivity contribution in [3.63, 3.8) is 0 Å². The van der Waals surface area contributed by atoms with Gasteiger partial charge in [-0.2, -0.15) is 10.1 Å². The molecule has 1 amide bonds. The van der Waals surface area contributed by atoms with Crippen molar-refractivity contribution < 1.29 is 24.1 Å². The molecular weight excluding hydrogens is 490 g/mol. The van der Waals surface area contributed by atoms with Crippen LogP contribution >= 0.6 is 11.6 Å². The first kappa shape index (κ1) is 27.5. The quantitative estimate of drug-likeness (QED) is 0.236. The fraction of sp³-hybridized carbons (Fsp3) is 0.207. The number of halogens is 1. The van der Waals surface area contributed by atoms with Gasteiger partial charge in [0.1, 0.15) is 6.10 Å². The van der Waals surface area contributed by atoms with Crippen molar-refractivity contribution >= 4 is 35.1 Å². The highest BCUT2D eigenvalue weighted by atomic mass is 35.5. The number of amidine groups is 1. The number of nitrogens with two attached hydrogens (primary N) is 1. The molecule has 0 aliphatic rings. The van der Waals surface area contributed by atoms with E-state index in [-0.39, 0.29) is 5.97 Å². The van der Waals surface area contributed by atoms with Gasteiger partial charge in [0.05, 0.1) is 19.7 Å². The van der Waals surface area contributed by atoms with Crippen LogP contribution in [0.5, 0.6) is 0 Å². The first-order chi connectivity index (χ1) is 17.9. The van der Waals surface area contributed by atoms with E-state index in [0.717, 1.165) is 22.3 Å². The average Bonchev–Trinajstić information content (AvgIpc) is 2.92. The SMILES string of the molecule is C[NH+]=C(NC(=O)O[C@H](C)c1ccccc1Cl)C(=CN)c1ccc(-c2ccc(CCC(=O)OC)cc2)cc1. The summed E-state index contributed by atoms with van der Waals surface area (Å²) in [6.45, 7) is 1.75. The zero-order valence-electron chi connectivity index (χ0n) is 21.1. The van der Waals surface area contributed by atoms with E-state index in [9.17, 15) is 9.59 Å². The van der Waals surface area contributed by atoms with Gasteiger partial charge >= 0.3 is 12.1 Å². The van der Waals surface area contributed by atoms with Crippen molar-refractivity contribution in [1.82, 2.24) is 5.32 Å². The number of hydrogen-bond donors (Lipinski definition) is 3. The first-order valence-corrected chi connectivity index (χ1v) is 12.2. The standard InChI is InChI=1S/C29H30ClN3O4/c1-19(24-6-4-5-7-26(24)30)37-29(35)33-28(32-2)25(18-31)23-15-13-22(14-16-23)21-11-8-20(9-12-21)10-17-27(34)36-3/h4-9,11-16,18-19H,10,17,31H2,1-3H3,(H,32,33,35)/p+1/t19-/m1/s1. The number of rotatable bonds is 8. The highest BCUT2D eigenvalue weighted by molar-refractivity contribution is 6.31. The lowest BCUT2D eigenvalue weighted by Gasteiger charge is -2.14. The second-order valence-corrected chi connectivity index (χ2v) is 8.66. The summed E-state index contributed by atoms with van der Waals surface area (Å²) in [4.78, 5) is 26.9. The molecule has 0 aromatic heterocycles. The molecule has 0 heterocycles. The molecular formula is C29H31ClN3O4+. The summed E-state index contributed by atoms with van der Waals surface area (Å²) in [6, 6.07) is 23.1. The van der Waals surface area contributed by atoms with E-state index in [1.54, 1.807) is 20.0 Å². The third-order valence-electron chi connectivity index (χ3n) is 5.87. The molecule has 0 spiro atoms. The van der Waals surface area contributed by atoms with Gasteiger partial charge in [-0.25, -0.2) is 0 Å². The smallest absolute Gasteiger partial charge is 0.469 e. The molecule has 37 heavy (non-hydrogen) atoms. The summed E-state index contributed by atoms with van der Waals surface area (Å²) < 4.78 is 10.2. The van der Waals surface area contributed by atoms with Crippen LogP contribution in [-0.2, 0) is 20.7 Å². The second-order valence-electron chi connectivity index (χ2n) is 8.25. The highest BCUT2D eigenvalue weighted by Gasteiger charge is 2.23. The third-order valence-corrected chi connectivity index (χ3v) is 6.21. The Hall–Kier alpha value is -4.10. The van der Waals surface area contributed by atoms with Gasteiger partial charge in [-0.05, 0) is 41.7 Å². The minimum Gasteiger partial charge on any atom is -0.469 e. The van der Waals surface area contributed by atoms with Crippen molar-refractivity contribution in [2.24, 2.45) is 5.73 Å². The zero-order chi connectivity index (χ0) is 26.8. The summed E-state index contributed by atoms with van der Waals surface area (Å²) in [7, 11) is 3.08. The second kappa shape index (κ2) is 13.3. The Balaban J connectivity index is 1.66. The maximum atomic E-state index is 12.6. The lowest BCUT2D eigenvalue weighted by Crippen LogP contribution is -2.72. The van der Waals surface area contributed by atoms with E-state index in [2.05, 4.69) is 10.3 Å². The number of carbonyl (C=O) groups excluding carboxylic acids is 2. The first-order valence-electron chi connectivity index (χ1n) is 11.8. The van der Waals surface area contributed by atoms with Crippen LogP contribution < -0.4 is 16.0 Å². The van der Waals surface area contributed by atoms with Gasteiger partial charge in [-0.1, -0.05) is 78.3 Å². The predicted molar refractivity (Wildman–Crippen MR) is 146 cm³/mol. The Bertz CT molecular complexity index is 1290. The van der Waals surface area contributed by atoms with E-state index < -0.39 is 12.2 Å². The molecule has 0 radical (unpaired) electrons. The topological polar surface area (TPSA) is 105 Å². The largest absolute Gasteiger partial charge is 0.505 e. The van der Waals surface area contributed by atoms with E-state index >= 15 is 0 Å². The fourth-order valence-corrected chi connectivity index (χ4v) is 4.09. The number of aryl methyl sites for hydroxylation is 1. The fourth-order valence-electron chi connectivity index (χ4n) is 3.80. The molecule has 0 fully saturated rings. The molecule has 0 aliphatic heterocycles. The van der Waals surface area contributed by atoms with E-state index in [1.165, 1.54) is 13.3 Å². The van der Waals surface area contributed by atoms with Gasteiger partial charge in [0.15, 0.2) is 0 Å². The van der Waals surface area contributed by atoms with Crippen molar-refractivity contribution in [1.29, 1.82) is 0 Å². The minimum atomic E-state index is -0.639. The molecule has 4 N–H and O–H groups in total. The van der Waals surface area contributed by atoms with Gasteiger partial charge in [0, 0.05) is 23.2 Å². The number of nitrogens with one attached hydrogen (secondary N) is 2. The Kier molecular flexibility index (Phi) is 9.86. The van der Waals surface area contributed by atoms with Crippen molar-refractivity contribution in [2.75, 3.05) is 14.2 Å². The summed E-state index contributed by atoms with van der Waals surface area (Å²) in [5.41, 5.74) is 11.2. The molecule has 0 bridgehead atoms. The third kappa shape index (κ3) is 7.44. The number of carbonyl (C=O) groups is 2. The number of esters is 1. The summed E-state index contributed by atoms with van der Waals surface area (Å²) in [5.74, 6) is 0.181. The molecule has 192 valence electrons. The molecule has 8 heteroatoms. The number of benzene rings is 3. The summed E-state index contributed by atoms with van der Waals surface area (Å²) >= 11 is 6.21. The van der Waals surface area contributed by atoms with Crippen LogP contribution in [0.1, 0.15) is 36.1 Å².